The van der Waals surface area contributed by atoms with E-state index in [1.165, 1.54) is 18.2 Å². The number of halogens is 13. The first-order chi connectivity index (χ1) is 20.6. The highest BCUT2D eigenvalue weighted by atomic mass is 79.9. The number of benzene rings is 2. The lowest BCUT2D eigenvalue weighted by Crippen LogP contribution is -2.73. The van der Waals surface area contributed by atoms with Gasteiger partial charge >= 0.3 is 36.8 Å². The van der Waals surface area contributed by atoms with Crippen molar-refractivity contribution in [1.82, 2.24) is 20.0 Å². The van der Waals surface area contributed by atoms with Crippen molar-refractivity contribution in [3.05, 3.63) is 92.5 Å². The second-order valence-corrected chi connectivity index (χ2v) is 10.9. The van der Waals surface area contributed by atoms with Gasteiger partial charge in [-0.2, -0.15) is 52.7 Å². The van der Waals surface area contributed by atoms with E-state index in [2.05, 4.69) is 15.9 Å². The van der Waals surface area contributed by atoms with Crippen molar-refractivity contribution in [2.45, 2.75) is 49.9 Å². The van der Waals surface area contributed by atoms with Crippen LogP contribution in [0.5, 0.6) is 0 Å². The molecule has 0 radical (unpaired) electrons. The quantitative estimate of drug-likeness (QED) is 0.235. The van der Waals surface area contributed by atoms with Gasteiger partial charge in [-0.1, -0.05) is 40.2 Å². The summed E-state index contributed by atoms with van der Waals surface area (Å²) in [6.07, 6.45) is -16.9. The molecule has 19 heteroatoms. The Bertz CT molecular complexity index is 1610. The molecule has 3 heterocycles. The summed E-state index contributed by atoms with van der Waals surface area (Å²) in [6.45, 7) is -2.51. The van der Waals surface area contributed by atoms with E-state index in [1.807, 2.05) is 0 Å². The molecule has 2 atom stereocenters. The predicted molar refractivity (Wildman–Crippen MR) is 132 cm³/mol. The summed E-state index contributed by atoms with van der Waals surface area (Å²) in [5.74, 6) is 0. The van der Waals surface area contributed by atoms with Crippen LogP contribution in [0.1, 0.15) is 33.4 Å². The summed E-state index contributed by atoms with van der Waals surface area (Å²) < 4.78 is 163. The SMILES string of the molecule is O=C1N(Cc2ccc(C(F)(F)F)cc2C(F)(F)F)N(Cc2ccc(C(F)(F)F)cc2C(F)(F)F)C(=O)N2C3C=CC(C=C3Br)N12. The molecule has 2 aromatic rings. The molecule has 2 aromatic carbocycles. The molecule has 3 aliphatic heterocycles. The second kappa shape index (κ2) is 10.6. The van der Waals surface area contributed by atoms with Crippen molar-refractivity contribution < 1.29 is 62.3 Å². The smallest absolute Gasteiger partial charge is 0.244 e. The third-order valence-electron chi connectivity index (χ3n) is 7.13. The number of hydrazine groups is 2. The highest BCUT2D eigenvalue weighted by Gasteiger charge is 2.52. The van der Waals surface area contributed by atoms with Crippen LogP contribution in [0.4, 0.5) is 62.3 Å². The topological polar surface area (TPSA) is 47.1 Å². The molecule has 242 valence electrons. The fourth-order valence-electron chi connectivity index (χ4n) is 5.07. The zero-order chi connectivity index (χ0) is 33.4. The van der Waals surface area contributed by atoms with Gasteiger partial charge in [0.25, 0.3) is 0 Å². The minimum absolute atomic E-state index is 0.217. The lowest BCUT2D eigenvalue weighted by molar-refractivity contribution is -0.146. The standard InChI is InChI=1S/C26H15BrF12N4O2/c27-19-9-16-5-6-20(19)43-22(45)41(11-13-2-4-15(24(31,32)33)8-18(13)26(37,38)39)40(21(44)42(16)43)10-12-1-3-14(23(28,29)30)7-17(12)25(34,35)36/h1-9,16,20H,10-11H2. The monoisotopic (exact) mass is 722 g/mol. The lowest BCUT2D eigenvalue weighted by Gasteiger charge is -2.55. The molecule has 4 aliphatic rings. The van der Waals surface area contributed by atoms with Gasteiger partial charge in [-0.3, -0.25) is 0 Å². The van der Waals surface area contributed by atoms with Crippen molar-refractivity contribution in [2.75, 3.05) is 0 Å². The van der Waals surface area contributed by atoms with Crippen molar-refractivity contribution in [2.24, 2.45) is 0 Å². The number of hydrogen-bond donors (Lipinski definition) is 0. The van der Waals surface area contributed by atoms with Crippen molar-refractivity contribution >= 4 is 28.0 Å². The summed E-state index contributed by atoms with van der Waals surface area (Å²) in [7, 11) is 0. The zero-order valence-corrected chi connectivity index (χ0v) is 23.4. The number of carbonyl (C=O) groups excluding carboxylic acids is 2. The number of hydrogen-bond acceptors (Lipinski definition) is 2. The first-order valence-corrected chi connectivity index (χ1v) is 13.2. The molecule has 1 fully saturated rings. The van der Waals surface area contributed by atoms with Gasteiger partial charge in [0, 0.05) is 4.48 Å². The summed E-state index contributed by atoms with van der Waals surface area (Å²) in [5.41, 5.74) is -8.95. The molecular weight excluding hydrogens is 708 g/mol. The van der Waals surface area contributed by atoms with E-state index < -0.39 is 95.3 Å². The van der Waals surface area contributed by atoms with Crippen molar-refractivity contribution in [1.29, 1.82) is 0 Å². The molecule has 6 nitrogen and oxygen atoms in total. The molecule has 1 saturated heterocycles. The van der Waals surface area contributed by atoms with Gasteiger partial charge in [0.2, 0.25) is 0 Å². The highest BCUT2D eigenvalue weighted by molar-refractivity contribution is 9.11. The Morgan fingerprint density at radius 2 is 1.02 bits per heavy atom. The van der Waals surface area contributed by atoms with Crippen LogP contribution in [-0.2, 0) is 37.8 Å². The largest absolute Gasteiger partial charge is 0.416 e. The van der Waals surface area contributed by atoms with Crippen LogP contribution in [0.15, 0.2) is 59.1 Å². The first-order valence-electron chi connectivity index (χ1n) is 12.4. The number of alkyl halides is 12. The average molecular weight is 723 g/mol. The normalized spacial score (nSPS) is 20.7. The first kappa shape index (κ1) is 32.5. The van der Waals surface area contributed by atoms with Gasteiger partial charge in [0.1, 0.15) is 6.04 Å². The molecule has 2 unspecified atom stereocenters. The Balaban J connectivity index is 1.64. The number of amides is 4. The second-order valence-electron chi connectivity index (χ2n) is 9.98. The van der Waals surface area contributed by atoms with Crippen LogP contribution < -0.4 is 0 Å². The number of carbonyl (C=O) groups is 2. The van der Waals surface area contributed by atoms with E-state index in [1.54, 1.807) is 0 Å². The van der Waals surface area contributed by atoms with E-state index in [4.69, 9.17) is 0 Å². The summed E-state index contributed by atoms with van der Waals surface area (Å²) >= 11 is 3.20. The third kappa shape index (κ3) is 5.93. The van der Waals surface area contributed by atoms with Gasteiger partial charge < -0.3 is 0 Å². The van der Waals surface area contributed by atoms with Crippen LogP contribution in [-0.4, -0.2) is 44.2 Å². The zero-order valence-electron chi connectivity index (χ0n) is 21.8. The maximum atomic E-state index is 13.9. The minimum Gasteiger partial charge on any atom is -0.244 e. The van der Waals surface area contributed by atoms with Gasteiger partial charge in [0.05, 0.1) is 41.4 Å². The van der Waals surface area contributed by atoms with Crippen molar-refractivity contribution in [3.63, 3.8) is 0 Å². The predicted octanol–water partition coefficient (Wildman–Crippen LogP) is 8.35. The van der Waals surface area contributed by atoms with E-state index >= 15 is 0 Å². The molecule has 0 aromatic heterocycles. The molecule has 0 N–H and O–H groups in total. The fourth-order valence-corrected chi connectivity index (χ4v) is 5.69. The Hall–Kier alpha value is -3.90. The summed E-state index contributed by atoms with van der Waals surface area (Å²) in [5, 5.41) is 2.21. The Labute approximate surface area is 252 Å². The molecule has 4 amide bonds. The Morgan fingerprint density at radius 3 is 1.40 bits per heavy atom. The molecular formula is C26H15BrF12N4O2. The van der Waals surface area contributed by atoms with Crippen LogP contribution in [0.2, 0.25) is 0 Å². The molecule has 0 spiro atoms. The molecule has 0 saturated carbocycles. The van der Waals surface area contributed by atoms with Gasteiger partial charge in [-0.05, 0) is 41.5 Å². The van der Waals surface area contributed by atoms with E-state index in [0.29, 0.717) is 38.8 Å². The Morgan fingerprint density at radius 1 is 0.600 bits per heavy atom. The van der Waals surface area contributed by atoms with E-state index in [0.717, 1.165) is 10.0 Å². The van der Waals surface area contributed by atoms with Crippen LogP contribution in [0.25, 0.3) is 0 Å². The Kier molecular flexibility index (Phi) is 7.64. The van der Waals surface area contributed by atoms with Crippen LogP contribution in [0.3, 0.4) is 0 Å². The number of urea groups is 2. The van der Waals surface area contributed by atoms with Crippen molar-refractivity contribution in [3.8, 4) is 0 Å². The third-order valence-corrected chi connectivity index (χ3v) is 7.86. The summed E-state index contributed by atoms with van der Waals surface area (Å²) in [6, 6.07) is -3.57. The average Bonchev–Trinajstić information content (AvgIpc) is 2.91. The summed E-state index contributed by atoms with van der Waals surface area (Å²) in [4.78, 5) is 27.6. The molecule has 6 rings (SSSR count). The van der Waals surface area contributed by atoms with E-state index in [-0.39, 0.29) is 12.1 Å². The highest BCUT2D eigenvalue weighted by Crippen LogP contribution is 2.42. The molecule has 2 bridgehead atoms. The van der Waals surface area contributed by atoms with Crippen LogP contribution >= 0.6 is 15.9 Å². The maximum absolute atomic E-state index is 13.9. The molecule has 45 heavy (non-hydrogen) atoms. The number of nitrogens with zero attached hydrogens (tertiary/aromatic N) is 4. The minimum atomic E-state index is -5.41. The van der Waals surface area contributed by atoms with Crippen LogP contribution in [0, 0.1) is 0 Å². The number of rotatable bonds is 4. The maximum Gasteiger partial charge on any atom is 0.416 e. The van der Waals surface area contributed by atoms with E-state index in [9.17, 15) is 62.3 Å². The fraction of sp³-hybridized carbons (Fsp3) is 0.308. The lowest BCUT2D eigenvalue weighted by atomic mass is 10.0. The molecule has 1 aliphatic carbocycles. The van der Waals surface area contributed by atoms with Gasteiger partial charge in [0.15, 0.2) is 0 Å². The van der Waals surface area contributed by atoms with Gasteiger partial charge in [-0.15, -0.1) is 0 Å². The van der Waals surface area contributed by atoms with Gasteiger partial charge in [-0.25, -0.2) is 29.6 Å².